The van der Waals surface area contributed by atoms with Gasteiger partial charge in [0.25, 0.3) is 0 Å². The van der Waals surface area contributed by atoms with Crippen molar-refractivity contribution in [3.05, 3.63) is 24.5 Å². The molecule has 0 radical (unpaired) electrons. The summed E-state index contributed by atoms with van der Waals surface area (Å²) in [5.74, 6) is -0.823. The van der Waals surface area contributed by atoms with Crippen LogP contribution >= 0.6 is 11.8 Å². The van der Waals surface area contributed by atoms with E-state index in [1.807, 2.05) is 12.1 Å². The Labute approximate surface area is 86.5 Å². The average molecular weight is 209 g/mol. The summed E-state index contributed by atoms with van der Waals surface area (Å²) in [7, 11) is 0. The van der Waals surface area contributed by atoms with E-state index in [2.05, 4.69) is 4.98 Å². The van der Waals surface area contributed by atoms with E-state index in [9.17, 15) is 4.79 Å². The van der Waals surface area contributed by atoms with E-state index in [1.54, 1.807) is 24.2 Å². The molecule has 74 valence electrons. The molecule has 2 unspecified atom stereocenters. The third-order valence-corrected chi connectivity index (χ3v) is 3.88. The number of nitrogens with zero attached hydrogens (tertiary/aromatic N) is 1. The van der Waals surface area contributed by atoms with Gasteiger partial charge in [0, 0.05) is 22.5 Å². The lowest BCUT2D eigenvalue weighted by molar-refractivity contribution is -0.144. The van der Waals surface area contributed by atoms with Gasteiger partial charge in [-0.15, -0.1) is 11.8 Å². The topological polar surface area (TPSA) is 50.2 Å². The van der Waals surface area contributed by atoms with Crippen LogP contribution in [0, 0.1) is 5.92 Å². The van der Waals surface area contributed by atoms with Crippen molar-refractivity contribution >= 4 is 17.7 Å². The number of aliphatic carboxylic acids is 1. The van der Waals surface area contributed by atoms with Gasteiger partial charge in [-0.1, -0.05) is 0 Å². The molecular weight excluding hydrogens is 198 g/mol. The Morgan fingerprint density at radius 1 is 1.43 bits per heavy atom. The summed E-state index contributed by atoms with van der Waals surface area (Å²) in [6, 6.07) is 3.84. The summed E-state index contributed by atoms with van der Waals surface area (Å²) in [6.07, 6.45) is 5.29. The largest absolute Gasteiger partial charge is 0.481 e. The fourth-order valence-corrected chi connectivity index (χ4v) is 2.78. The van der Waals surface area contributed by atoms with Crippen molar-refractivity contribution in [2.75, 3.05) is 0 Å². The molecule has 2 rings (SSSR count). The molecule has 1 N–H and O–H groups in total. The van der Waals surface area contributed by atoms with Crippen LogP contribution in [0.3, 0.4) is 0 Å². The van der Waals surface area contributed by atoms with Gasteiger partial charge < -0.3 is 5.11 Å². The number of hydrogen-bond donors (Lipinski definition) is 1. The highest BCUT2D eigenvalue weighted by molar-refractivity contribution is 8.00. The summed E-state index contributed by atoms with van der Waals surface area (Å²) < 4.78 is 0. The van der Waals surface area contributed by atoms with Crippen LogP contribution in [0.15, 0.2) is 29.4 Å². The molecule has 0 saturated heterocycles. The van der Waals surface area contributed by atoms with Gasteiger partial charge in [0.05, 0.1) is 5.92 Å². The number of rotatable bonds is 3. The predicted molar refractivity (Wildman–Crippen MR) is 54.2 cm³/mol. The molecule has 2 atom stereocenters. The second-order valence-electron chi connectivity index (χ2n) is 3.36. The quantitative estimate of drug-likeness (QED) is 0.827. The van der Waals surface area contributed by atoms with E-state index >= 15 is 0 Å². The van der Waals surface area contributed by atoms with Gasteiger partial charge >= 0.3 is 5.97 Å². The van der Waals surface area contributed by atoms with E-state index in [0.717, 1.165) is 17.7 Å². The third-order valence-electron chi connectivity index (χ3n) is 2.47. The summed E-state index contributed by atoms with van der Waals surface area (Å²) in [5, 5.41) is 9.10. The molecule has 1 saturated carbocycles. The van der Waals surface area contributed by atoms with Crippen molar-refractivity contribution in [3.63, 3.8) is 0 Å². The van der Waals surface area contributed by atoms with Gasteiger partial charge in [-0.3, -0.25) is 9.78 Å². The van der Waals surface area contributed by atoms with Crippen LogP contribution in [-0.4, -0.2) is 21.3 Å². The third kappa shape index (κ3) is 1.90. The van der Waals surface area contributed by atoms with Crippen molar-refractivity contribution in [2.45, 2.75) is 23.0 Å². The number of pyridine rings is 1. The fourth-order valence-electron chi connectivity index (χ4n) is 1.48. The molecule has 1 heterocycles. The highest BCUT2D eigenvalue weighted by atomic mass is 32.2. The fraction of sp³-hybridized carbons (Fsp3) is 0.400. The van der Waals surface area contributed by atoms with E-state index in [4.69, 9.17) is 5.11 Å². The Hall–Kier alpha value is -1.03. The normalized spacial score (nSPS) is 25.4. The van der Waals surface area contributed by atoms with E-state index in [1.165, 1.54) is 0 Å². The van der Waals surface area contributed by atoms with Gasteiger partial charge in [-0.2, -0.15) is 0 Å². The lowest BCUT2D eigenvalue weighted by atomic mass is 9.85. The Balaban J connectivity index is 1.96. The zero-order chi connectivity index (χ0) is 9.97. The van der Waals surface area contributed by atoms with Crippen molar-refractivity contribution < 1.29 is 9.90 Å². The van der Waals surface area contributed by atoms with Crippen LogP contribution in [0.25, 0.3) is 0 Å². The molecule has 0 aliphatic heterocycles. The molecule has 14 heavy (non-hydrogen) atoms. The molecule has 1 fully saturated rings. The molecule has 1 aliphatic rings. The second-order valence-corrected chi connectivity index (χ2v) is 4.67. The highest BCUT2D eigenvalue weighted by Gasteiger charge is 2.36. The first-order chi connectivity index (χ1) is 6.77. The minimum absolute atomic E-state index is 0.159. The molecular formula is C10H11NO2S. The van der Waals surface area contributed by atoms with Crippen LogP contribution in [-0.2, 0) is 4.79 Å². The Morgan fingerprint density at radius 3 is 2.64 bits per heavy atom. The van der Waals surface area contributed by atoms with Crippen LogP contribution in [0.2, 0.25) is 0 Å². The van der Waals surface area contributed by atoms with Crippen molar-refractivity contribution in [1.29, 1.82) is 0 Å². The first kappa shape index (κ1) is 9.52. The lowest BCUT2D eigenvalue weighted by Crippen LogP contribution is -2.35. The zero-order valence-corrected chi connectivity index (χ0v) is 8.41. The van der Waals surface area contributed by atoms with Gasteiger partial charge in [-0.05, 0) is 25.0 Å². The Bertz CT molecular complexity index is 328. The molecule has 1 aliphatic carbocycles. The van der Waals surface area contributed by atoms with Gasteiger partial charge in [-0.25, -0.2) is 0 Å². The molecule has 1 aromatic rings. The monoisotopic (exact) mass is 209 g/mol. The number of carboxylic acids is 1. The maximum Gasteiger partial charge on any atom is 0.307 e. The summed E-state index contributed by atoms with van der Waals surface area (Å²) >= 11 is 1.65. The maximum absolute atomic E-state index is 10.8. The molecule has 4 heteroatoms. The van der Waals surface area contributed by atoms with Crippen molar-refractivity contribution in [3.8, 4) is 0 Å². The Kier molecular flexibility index (Phi) is 2.72. The number of carboxylic acid groups (broad SMARTS) is 1. The first-order valence-electron chi connectivity index (χ1n) is 4.57. The van der Waals surface area contributed by atoms with Gasteiger partial charge in [0.2, 0.25) is 0 Å². The second kappa shape index (κ2) is 4.00. The van der Waals surface area contributed by atoms with Gasteiger partial charge in [0.1, 0.15) is 0 Å². The minimum Gasteiger partial charge on any atom is -0.481 e. The van der Waals surface area contributed by atoms with Crippen molar-refractivity contribution in [1.82, 2.24) is 4.98 Å². The number of thioether (sulfide) groups is 1. The molecule has 0 aromatic carbocycles. The smallest absolute Gasteiger partial charge is 0.307 e. The SMILES string of the molecule is O=C(O)C1CCC1Sc1ccncc1. The number of hydrogen-bond acceptors (Lipinski definition) is 3. The van der Waals surface area contributed by atoms with Crippen molar-refractivity contribution in [2.24, 2.45) is 5.92 Å². The van der Waals surface area contributed by atoms with Crippen LogP contribution in [0.1, 0.15) is 12.8 Å². The average Bonchev–Trinajstić information content (AvgIpc) is 2.13. The minimum atomic E-state index is -0.664. The number of aromatic nitrogens is 1. The summed E-state index contributed by atoms with van der Waals surface area (Å²) in [6.45, 7) is 0. The molecule has 3 nitrogen and oxygen atoms in total. The molecule has 0 spiro atoms. The van der Waals surface area contributed by atoms with Crippen LogP contribution in [0.5, 0.6) is 0 Å². The van der Waals surface area contributed by atoms with Crippen LogP contribution < -0.4 is 0 Å². The van der Waals surface area contributed by atoms with E-state index in [-0.39, 0.29) is 11.2 Å². The van der Waals surface area contributed by atoms with E-state index < -0.39 is 5.97 Å². The summed E-state index contributed by atoms with van der Waals surface area (Å²) in [5.41, 5.74) is 0. The molecule has 0 bridgehead atoms. The summed E-state index contributed by atoms with van der Waals surface area (Å²) in [4.78, 5) is 15.8. The van der Waals surface area contributed by atoms with E-state index in [0.29, 0.717) is 0 Å². The highest BCUT2D eigenvalue weighted by Crippen LogP contribution is 2.41. The number of carbonyl (C=O) groups is 1. The zero-order valence-electron chi connectivity index (χ0n) is 7.59. The standard InChI is InChI=1S/C10H11NO2S/c12-10(13)8-1-2-9(8)14-7-3-5-11-6-4-7/h3-6,8-9H,1-2H2,(H,12,13). The molecule has 1 aromatic heterocycles. The first-order valence-corrected chi connectivity index (χ1v) is 5.45. The molecule has 0 amide bonds. The predicted octanol–water partition coefficient (Wildman–Crippen LogP) is 2.04. The Morgan fingerprint density at radius 2 is 2.14 bits per heavy atom. The van der Waals surface area contributed by atoms with Crippen LogP contribution in [0.4, 0.5) is 0 Å². The van der Waals surface area contributed by atoms with Gasteiger partial charge in [0.15, 0.2) is 0 Å². The maximum atomic E-state index is 10.8. The lowest BCUT2D eigenvalue weighted by Gasteiger charge is -2.32.